The lowest BCUT2D eigenvalue weighted by Crippen LogP contribution is -2.38. The molecule has 0 aliphatic carbocycles. The van der Waals surface area contributed by atoms with Crippen molar-refractivity contribution in [1.29, 1.82) is 0 Å². The lowest BCUT2D eigenvalue weighted by Gasteiger charge is -2.26. The van der Waals surface area contributed by atoms with Gasteiger partial charge in [0.2, 0.25) is 0 Å². The summed E-state index contributed by atoms with van der Waals surface area (Å²) < 4.78 is 5.43. The molecular formula is C22H30N4O. The van der Waals surface area contributed by atoms with E-state index < -0.39 is 0 Å². The fourth-order valence-electron chi connectivity index (χ4n) is 3.35. The van der Waals surface area contributed by atoms with Crippen molar-refractivity contribution in [2.75, 3.05) is 40.4 Å². The zero-order valence-electron chi connectivity index (χ0n) is 16.4. The van der Waals surface area contributed by atoms with E-state index in [-0.39, 0.29) is 0 Å². The highest BCUT2D eigenvalue weighted by Gasteiger charge is 2.11. The van der Waals surface area contributed by atoms with Crippen LogP contribution in [0.1, 0.15) is 16.7 Å². The maximum Gasteiger partial charge on any atom is 0.193 e. The zero-order chi connectivity index (χ0) is 18.9. The minimum absolute atomic E-state index is 0.767. The minimum atomic E-state index is 0.767. The van der Waals surface area contributed by atoms with E-state index in [1.54, 1.807) is 0 Å². The third-order valence-electron chi connectivity index (χ3n) is 4.79. The molecule has 3 rings (SSSR count). The summed E-state index contributed by atoms with van der Waals surface area (Å²) >= 11 is 0. The third-order valence-corrected chi connectivity index (χ3v) is 4.79. The van der Waals surface area contributed by atoms with Gasteiger partial charge in [-0.25, -0.2) is 0 Å². The molecule has 27 heavy (non-hydrogen) atoms. The van der Waals surface area contributed by atoms with Crippen LogP contribution >= 0.6 is 0 Å². The van der Waals surface area contributed by atoms with E-state index in [2.05, 4.69) is 75.7 Å². The van der Waals surface area contributed by atoms with Gasteiger partial charge in [-0.1, -0.05) is 54.6 Å². The lowest BCUT2D eigenvalue weighted by atomic mass is 10.1. The maximum absolute atomic E-state index is 5.43. The Morgan fingerprint density at radius 1 is 1.04 bits per heavy atom. The van der Waals surface area contributed by atoms with E-state index >= 15 is 0 Å². The van der Waals surface area contributed by atoms with Crippen molar-refractivity contribution in [2.24, 2.45) is 4.99 Å². The molecule has 2 aromatic carbocycles. The largest absolute Gasteiger partial charge is 0.379 e. The van der Waals surface area contributed by atoms with Gasteiger partial charge in [-0.2, -0.15) is 0 Å². The Balaban J connectivity index is 1.54. The van der Waals surface area contributed by atoms with Crippen LogP contribution in [0.2, 0.25) is 0 Å². The van der Waals surface area contributed by atoms with Crippen LogP contribution in [0, 0.1) is 0 Å². The Labute approximate surface area is 162 Å². The molecule has 1 fully saturated rings. The summed E-state index contributed by atoms with van der Waals surface area (Å²) in [4.78, 5) is 9.02. The molecule has 0 saturated carbocycles. The highest BCUT2D eigenvalue weighted by atomic mass is 16.5. The number of morpholine rings is 1. The number of hydrogen-bond acceptors (Lipinski definition) is 3. The number of hydrogen-bond donors (Lipinski definition) is 1. The maximum atomic E-state index is 5.43. The first-order chi connectivity index (χ1) is 13.2. The molecule has 0 radical (unpaired) electrons. The van der Waals surface area contributed by atoms with Crippen molar-refractivity contribution in [3.05, 3.63) is 71.3 Å². The van der Waals surface area contributed by atoms with Gasteiger partial charge in [-0.05, 0) is 16.7 Å². The SMILES string of the molecule is CN=C(NCc1cccc(CN2CCOCC2)c1)N(C)Cc1ccccc1. The highest BCUT2D eigenvalue weighted by Crippen LogP contribution is 2.10. The third kappa shape index (κ3) is 6.08. The van der Waals surface area contributed by atoms with Gasteiger partial charge < -0.3 is 15.0 Å². The van der Waals surface area contributed by atoms with Crippen molar-refractivity contribution in [3.63, 3.8) is 0 Å². The Kier molecular flexibility index (Phi) is 7.25. The van der Waals surface area contributed by atoms with Crippen LogP contribution in [0.15, 0.2) is 59.6 Å². The Morgan fingerprint density at radius 2 is 1.74 bits per heavy atom. The summed E-state index contributed by atoms with van der Waals surface area (Å²) in [7, 11) is 3.90. The molecule has 1 N–H and O–H groups in total. The van der Waals surface area contributed by atoms with Gasteiger partial charge in [-0.15, -0.1) is 0 Å². The van der Waals surface area contributed by atoms with Gasteiger partial charge in [0, 0.05) is 46.8 Å². The number of guanidine groups is 1. The van der Waals surface area contributed by atoms with Gasteiger partial charge in [0.1, 0.15) is 0 Å². The van der Waals surface area contributed by atoms with Crippen LogP contribution in [-0.4, -0.2) is 56.2 Å². The normalized spacial score (nSPS) is 15.6. The average molecular weight is 367 g/mol. The number of benzene rings is 2. The zero-order valence-corrected chi connectivity index (χ0v) is 16.4. The molecule has 5 heteroatoms. The van der Waals surface area contributed by atoms with Crippen LogP contribution in [0.3, 0.4) is 0 Å². The van der Waals surface area contributed by atoms with Crippen molar-refractivity contribution >= 4 is 5.96 Å². The summed E-state index contributed by atoms with van der Waals surface area (Å²) in [5.74, 6) is 0.900. The number of ether oxygens (including phenoxy) is 1. The number of nitrogens with zero attached hydrogens (tertiary/aromatic N) is 3. The number of nitrogens with one attached hydrogen (secondary N) is 1. The first-order valence-electron chi connectivity index (χ1n) is 9.58. The fraction of sp³-hybridized carbons (Fsp3) is 0.409. The van der Waals surface area contributed by atoms with Gasteiger partial charge in [0.05, 0.1) is 13.2 Å². The molecule has 1 heterocycles. The van der Waals surface area contributed by atoms with Crippen molar-refractivity contribution in [1.82, 2.24) is 15.1 Å². The van der Waals surface area contributed by atoms with Gasteiger partial charge in [-0.3, -0.25) is 9.89 Å². The molecule has 0 amide bonds. The van der Waals surface area contributed by atoms with Crippen LogP contribution in [0.4, 0.5) is 0 Å². The number of aliphatic imine (C=N–C) groups is 1. The Hall–Kier alpha value is -2.37. The smallest absolute Gasteiger partial charge is 0.193 e. The topological polar surface area (TPSA) is 40.1 Å². The molecule has 144 valence electrons. The van der Waals surface area contributed by atoms with Crippen molar-refractivity contribution in [2.45, 2.75) is 19.6 Å². The molecule has 0 unspecified atom stereocenters. The molecule has 0 atom stereocenters. The highest BCUT2D eigenvalue weighted by molar-refractivity contribution is 5.79. The molecule has 2 aromatic rings. The second-order valence-electron chi connectivity index (χ2n) is 6.95. The van der Waals surface area contributed by atoms with E-state index in [1.165, 1.54) is 16.7 Å². The molecule has 0 bridgehead atoms. The average Bonchev–Trinajstić information content (AvgIpc) is 2.70. The predicted molar refractivity (Wildman–Crippen MR) is 111 cm³/mol. The monoisotopic (exact) mass is 366 g/mol. The Bertz CT molecular complexity index is 726. The van der Waals surface area contributed by atoms with E-state index in [4.69, 9.17) is 4.74 Å². The van der Waals surface area contributed by atoms with Crippen LogP contribution in [0.25, 0.3) is 0 Å². The van der Waals surface area contributed by atoms with E-state index in [0.29, 0.717) is 0 Å². The fourth-order valence-corrected chi connectivity index (χ4v) is 3.35. The summed E-state index contributed by atoms with van der Waals surface area (Å²) in [6.07, 6.45) is 0. The molecule has 1 aliphatic rings. The van der Waals surface area contributed by atoms with Crippen LogP contribution in [-0.2, 0) is 24.4 Å². The van der Waals surface area contributed by atoms with Crippen LogP contribution < -0.4 is 5.32 Å². The summed E-state index contributed by atoms with van der Waals surface area (Å²) in [6, 6.07) is 19.3. The molecule has 0 spiro atoms. The van der Waals surface area contributed by atoms with Gasteiger partial charge >= 0.3 is 0 Å². The first-order valence-corrected chi connectivity index (χ1v) is 9.58. The second kappa shape index (κ2) is 10.1. The molecule has 1 saturated heterocycles. The molecular weight excluding hydrogens is 336 g/mol. The van der Waals surface area contributed by atoms with Crippen LogP contribution in [0.5, 0.6) is 0 Å². The molecule has 5 nitrogen and oxygen atoms in total. The molecule has 1 aliphatic heterocycles. The quantitative estimate of drug-likeness (QED) is 0.630. The van der Waals surface area contributed by atoms with E-state index in [1.807, 2.05) is 13.1 Å². The van der Waals surface area contributed by atoms with E-state index in [9.17, 15) is 0 Å². The summed E-state index contributed by atoms with van der Waals surface area (Å²) in [6.45, 7) is 6.29. The Morgan fingerprint density at radius 3 is 2.48 bits per heavy atom. The standard InChI is InChI=1S/C22H30N4O/c1-23-22(25(2)17-19-7-4-3-5-8-19)24-16-20-9-6-10-21(15-20)18-26-11-13-27-14-12-26/h3-10,15H,11-14,16-18H2,1-2H3,(H,23,24). The van der Waals surface area contributed by atoms with Crippen molar-refractivity contribution in [3.8, 4) is 0 Å². The van der Waals surface area contributed by atoms with Gasteiger partial charge in [0.25, 0.3) is 0 Å². The molecule has 0 aromatic heterocycles. The summed E-state index contributed by atoms with van der Waals surface area (Å²) in [5.41, 5.74) is 3.90. The van der Waals surface area contributed by atoms with E-state index in [0.717, 1.165) is 51.9 Å². The number of rotatable bonds is 6. The first kappa shape index (κ1) is 19.4. The predicted octanol–water partition coefficient (Wildman–Crippen LogP) is 2.73. The lowest BCUT2D eigenvalue weighted by molar-refractivity contribution is 0.0342. The minimum Gasteiger partial charge on any atom is -0.379 e. The second-order valence-corrected chi connectivity index (χ2v) is 6.95. The van der Waals surface area contributed by atoms with Gasteiger partial charge in [0.15, 0.2) is 5.96 Å². The van der Waals surface area contributed by atoms with Crippen molar-refractivity contribution < 1.29 is 4.74 Å². The summed E-state index contributed by atoms with van der Waals surface area (Å²) in [5, 5.41) is 3.48.